The number of thioether (sulfide) groups is 1. The molecule has 0 aromatic heterocycles. The maximum Gasteiger partial charge on any atom is 0.237 e. The van der Waals surface area contributed by atoms with Crippen LogP contribution in [0, 0.1) is 0 Å². The summed E-state index contributed by atoms with van der Waals surface area (Å²) in [6.45, 7) is 5.01. The van der Waals surface area contributed by atoms with E-state index in [0.717, 1.165) is 18.4 Å². The van der Waals surface area contributed by atoms with Crippen molar-refractivity contribution < 1.29 is 4.79 Å². The summed E-state index contributed by atoms with van der Waals surface area (Å²) in [6.07, 6.45) is 4.76. The Bertz CT molecular complexity index is 402. The zero-order valence-corrected chi connectivity index (χ0v) is 14.7. The van der Waals surface area contributed by atoms with Gasteiger partial charge >= 0.3 is 0 Å². The van der Waals surface area contributed by atoms with Crippen LogP contribution in [0.4, 0.5) is 0 Å². The summed E-state index contributed by atoms with van der Waals surface area (Å²) < 4.78 is 0.127. The van der Waals surface area contributed by atoms with Crippen molar-refractivity contribution in [3.8, 4) is 0 Å². The Morgan fingerprint density at radius 2 is 1.86 bits per heavy atom. The predicted molar refractivity (Wildman–Crippen MR) is 95.2 cm³/mol. The number of nitrogens with two attached hydrogens (primary N) is 1. The fourth-order valence-corrected chi connectivity index (χ4v) is 2.99. The molecule has 1 atom stereocenters. The molecule has 21 heavy (non-hydrogen) atoms. The second-order valence-electron chi connectivity index (χ2n) is 5.11. The van der Waals surface area contributed by atoms with Gasteiger partial charge in [0.05, 0.1) is 6.04 Å². The molecule has 0 spiro atoms. The second kappa shape index (κ2) is 10.1. The Balaban J connectivity index is 0.00000400. The van der Waals surface area contributed by atoms with Gasteiger partial charge in [-0.15, -0.1) is 12.4 Å². The molecule has 0 heterocycles. The number of halogens is 1. The number of carbonyl (C=O) groups excluding carboxylic acids is 1. The number of rotatable bonds is 8. The first-order valence-corrected chi connectivity index (χ1v) is 8.41. The molecule has 3 N–H and O–H groups in total. The number of carbonyl (C=O) groups is 1. The van der Waals surface area contributed by atoms with Gasteiger partial charge in [-0.1, -0.05) is 44.2 Å². The van der Waals surface area contributed by atoms with E-state index in [1.54, 1.807) is 0 Å². The summed E-state index contributed by atoms with van der Waals surface area (Å²) in [7, 11) is 0. The molecular weight excluding hydrogens is 304 g/mol. The normalized spacial score (nSPS) is 12.4. The van der Waals surface area contributed by atoms with Gasteiger partial charge in [-0.3, -0.25) is 4.79 Å². The number of hydrogen-bond acceptors (Lipinski definition) is 3. The smallest absolute Gasteiger partial charge is 0.237 e. The highest BCUT2D eigenvalue weighted by Crippen LogP contribution is 2.29. The van der Waals surface area contributed by atoms with Crippen molar-refractivity contribution in [2.75, 3.05) is 12.8 Å². The Morgan fingerprint density at radius 3 is 2.33 bits per heavy atom. The van der Waals surface area contributed by atoms with Crippen LogP contribution < -0.4 is 11.1 Å². The highest BCUT2D eigenvalue weighted by Gasteiger charge is 2.26. The highest BCUT2D eigenvalue weighted by atomic mass is 35.5. The maximum absolute atomic E-state index is 12.1. The third kappa shape index (κ3) is 6.29. The fraction of sp³-hybridized carbons (Fsp3) is 0.562. The van der Waals surface area contributed by atoms with Crippen LogP contribution in [0.25, 0.3) is 0 Å². The minimum absolute atomic E-state index is 0. The zero-order chi connectivity index (χ0) is 15.0. The van der Waals surface area contributed by atoms with E-state index >= 15 is 0 Å². The van der Waals surface area contributed by atoms with Crippen LogP contribution in [0.2, 0.25) is 0 Å². The zero-order valence-electron chi connectivity index (χ0n) is 13.1. The van der Waals surface area contributed by atoms with Crippen LogP contribution in [0.5, 0.6) is 0 Å². The van der Waals surface area contributed by atoms with E-state index < -0.39 is 6.04 Å². The summed E-state index contributed by atoms with van der Waals surface area (Å²) >= 11 is 1.82. The molecule has 0 aliphatic rings. The minimum Gasteiger partial charge on any atom is -0.353 e. The number of hydrogen-bond donors (Lipinski definition) is 2. The first-order valence-electron chi connectivity index (χ1n) is 7.19. The number of nitrogens with one attached hydrogen (secondary N) is 1. The average molecular weight is 331 g/mol. The third-order valence-electron chi connectivity index (χ3n) is 3.94. The lowest BCUT2D eigenvalue weighted by Crippen LogP contribution is -2.47. The molecule has 0 aliphatic heterocycles. The topological polar surface area (TPSA) is 55.1 Å². The molecule has 0 saturated heterocycles. The minimum atomic E-state index is -0.481. The summed E-state index contributed by atoms with van der Waals surface area (Å²) in [5.74, 6) is -0.0609. The fourth-order valence-electron chi connectivity index (χ4n) is 2.20. The Labute approximate surface area is 138 Å². The first-order chi connectivity index (χ1) is 9.56. The summed E-state index contributed by atoms with van der Waals surface area (Å²) in [5, 5.41) is 3.01. The molecule has 1 unspecified atom stereocenters. The van der Waals surface area contributed by atoms with E-state index in [9.17, 15) is 4.79 Å². The predicted octanol–water partition coefficient (Wildman–Crippen LogP) is 3.02. The quantitative estimate of drug-likeness (QED) is 0.770. The van der Waals surface area contributed by atoms with Gasteiger partial charge < -0.3 is 11.1 Å². The summed E-state index contributed by atoms with van der Waals surface area (Å²) in [6, 6.07) is 9.41. The SMILES string of the molecule is CCC(CC)(CNC(=O)C(N)Cc1ccccc1)SC.Cl. The molecule has 0 fully saturated rings. The lowest BCUT2D eigenvalue weighted by atomic mass is 10.0. The molecule has 5 heteroatoms. The van der Waals surface area contributed by atoms with Crippen molar-refractivity contribution in [2.24, 2.45) is 5.73 Å². The molecule has 1 aromatic rings. The van der Waals surface area contributed by atoms with Crippen LogP contribution in [0.15, 0.2) is 30.3 Å². The van der Waals surface area contributed by atoms with E-state index in [-0.39, 0.29) is 23.1 Å². The largest absolute Gasteiger partial charge is 0.353 e. The van der Waals surface area contributed by atoms with Gasteiger partial charge in [0.15, 0.2) is 0 Å². The Kier molecular flexibility index (Phi) is 9.75. The second-order valence-corrected chi connectivity index (χ2v) is 6.38. The van der Waals surface area contributed by atoms with Gasteiger partial charge in [-0.25, -0.2) is 0 Å². The standard InChI is InChI=1S/C16H26N2OS.ClH/c1-4-16(5-2,20-3)12-18-15(19)14(17)11-13-9-7-6-8-10-13;/h6-10,14H,4-5,11-12,17H2,1-3H3,(H,18,19);1H. The summed E-state index contributed by atoms with van der Waals surface area (Å²) in [5.41, 5.74) is 7.08. The van der Waals surface area contributed by atoms with Gasteiger partial charge in [0.25, 0.3) is 0 Å². The van der Waals surface area contributed by atoms with Crippen molar-refractivity contribution >= 4 is 30.1 Å². The molecule has 1 aromatic carbocycles. The van der Waals surface area contributed by atoms with Gasteiger partial charge in [-0.2, -0.15) is 11.8 Å². The lowest BCUT2D eigenvalue weighted by Gasteiger charge is -2.30. The monoisotopic (exact) mass is 330 g/mol. The van der Waals surface area contributed by atoms with Crippen LogP contribution in [-0.4, -0.2) is 29.5 Å². The Hall–Kier alpha value is -0.710. The average Bonchev–Trinajstić information content (AvgIpc) is 2.50. The van der Waals surface area contributed by atoms with Gasteiger partial charge in [-0.05, 0) is 31.1 Å². The molecule has 0 aliphatic carbocycles. The van der Waals surface area contributed by atoms with Crippen LogP contribution >= 0.6 is 24.2 Å². The highest BCUT2D eigenvalue weighted by molar-refractivity contribution is 8.00. The van der Waals surface area contributed by atoms with Crippen molar-refractivity contribution in [1.29, 1.82) is 0 Å². The Morgan fingerprint density at radius 1 is 1.29 bits per heavy atom. The first kappa shape index (κ1) is 20.3. The number of amides is 1. The molecule has 0 saturated carbocycles. The molecule has 0 radical (unpaired) electrons. The van der Waals surface area contributed by atoms with Crippen molar-refractivity contribution in [1.82, 2.24) is 5.32 Å². The molecule has 1 amide bonds. The van der Waals surface area contributed by atoms with Gasteiger partial charge in [0.1, 0.15) is 0 Å². The molecule has 120 valence electrons. The molecule has 1 rings (SSSR count). The van der Waals surface area contributed by atoms with Crippen molar-refractivity contribution in [3.63, 3.8) is 0 Å². The third-order valence-corrected chi connectivity index (χ3v) is 5.53. The van der Waals surface area contributed by atoms with E-state index in [4.69, 9.17) is 5.73 Å². The van der Waals surface area contributed by atoms with Gasteiger partial charge in [0, 0.05) is 11.3 Å². The van der Waals surface area contributed by atoms with E-state index in [1.807, 2.05) is 42.1 Å². The van der Waals surface area contributed by atoms with E-state index in [1.165, 1.54) is 0 Å². The lowest BCUT2D eigenvalue weighted by molar-refractivity contribution is -0.122. The van der Waals surface area contributed by atoms with Crippen LogP contribution in [0.1, 0.15) is 32.3 Å². The van der Waals surface area contributed by atoms with Crippen LogP contribution in [-0.2, 0) is 11.2 Å². The van der Waals surface area contributed by atoms with Crippen molar-refractivity contribution in [3.05, 3.63) is 35.9 Å². The van der Waals surface area contributed by atoms with E-state index in [0.29, 0.717) is 13.0 Å². The number of benzene rings is 1. The van der Waals surface area contributed by atoms with Crippen LogP contribution in [0.3, 0.4) is 0 Å². The van der Waals surface area contributed by atoms with Crippen molar-refractivity contribution in [2.45, 2.75) is 43.9 Å². The molecular formula is C16H27ClN2OS. The molecule has 0 bridgehead atoms. The van der Waals surface area contributed by atoms with E-state index in [2.05, 4.69) is 25.4 Å². The van der Waals surface area contributed by atoms with Gasteiger partial charge in [0.2, 0.25) is 5.91 Å². The summed E-state index contributed by atoms with van der Waals surface area (Å²) in [4.78, 5) is 12.1. The molecule has 3 nitrogen and oxygen atoms in total. The maximum atomic E-state index is 12.1.